The Morgan fingerprint density at radius 2 is 1.30 bits per heavy atom. The van der Waals surface area contributed by atoms with E-state index in [0.717, 1.165) is 26.3 Å². The van der Waals surface area contributed by atoms with Crippen LogP contribution in [0.3, 0.4) is 0 Å². The van der Waals surface area contributed by atoms with Crippen LogP contribution in [0.15, 0.2) is 60.7 Å². The molecule has 11 nitrogen and oxygen atoms in total. The van der Waals surface area contributed by atoms with Gasteiger partial charge in [-0.3, -0.25) is 24.0 Å². The molecule has 40 heavy (non-hydrogen) atoms. The molecular formula is C29H30O11. The maximum absolute atomic E-state index is 12.6. The number of ketones is 1. The molecule has 1 aliphatic rings. The third-order valence-electron chi connectivity index (χ3n) is 5.57. The van der Waals surface area contributed by atoms with E-state index >= 15 is 0 Å². The summed E-state index contributed by atoms with van der Waals surface area (Å²) in [6.07, 6.45) is -3.38. The van der Waals surface area contributed by atoms with Crippen LogP contribution in [0.1, 0.15) is 43.6 Å². The molecule has 1 saturated heterocycles. The zero-order valence-electron chi connectivity index (χ0n) is 22.4. The predicted molar refractivity (Wildman–Crippen MR) is 139 cm³/mol. The molecule has 2 aromatic carbocycles. The largest absolute Gasteiger partial charge is 0.463 e. The summed E-state index contributed by atoms with van der Waals surface area (Å²) < 4.78 is 33.0. The first-order chi connectivity index (χ1) is 19.0. The topological polar surface area (TPSA) is 141 Å². The van der Waals surface area contributed by atoms with Crippen LogP contribution in [0.5, 0.6) is 5.75 Å². The first-order valence-corrected chi connectivity index (χ1v) is 12.4. The van der Waals surface area contributed by atoms with Crippen LogP contribution in [0.25, 0.3) is 6.08 Å². The third kappa shape index (κ3) is 8.77. The highest BCUT2D eigenvalue weighted by Crippen LogP contribution is 2.31. The van der Waals surface area contributed by atoms with Gasteiger partial charge in [0.1, 0.15) is 18.5 Å². The summed E-state index contributed by atoms with van der Waals surface area (Å²) >= 11 is 0. The van der Waals surface area contributed by atoms with Crippen molar-refractivity contribution in [2.75, 3.05) is 6.61 Å². The van der Waals surface area contributed by atoms with Crippen molar-refractivity contribution in [3.8, 4) is 5.75 Å². The molecule has 212 valence electrons. The molecule has 0 unspecified atom stereocenters. The Morgan fingerprint density at radius 1 is 0.725 bits per heavy atom. The maximum Gasteiger partial charge on any atom is 0.303 e. The molecule has 1 heterocycles. The average molecular weight is 555 g/mol. The molecule has 0 radical (unpaired) electrons. The molecule has 0 saturated carbocycles. The van der Waals surface area contributed by atoms with Gasteiger partial charge in [0.2, 0.25) is 12.4 Å². The number of hydrogen-bond acceptors (Lipinski definition) is 11. The molecule has 11 heteroatoms. The second kappa shape index (κ2) is 14.0. The van der Waals surface area contributed by atoms with Gasteiger partial charge in [-0.25, -0.2) is 0 Å². The van der Waals surface area contributed by atoms with E-state index in [4.69, 9.17) is 28.4 Å². The highest BCUT2D eigenvalue weighted by molar-refractivity contribution is 6.06. The Balaban J connectivity index is 1.86. The third-order valence-corrected chi connectivity index (χ3v) is 5.57. The number of ether oxygens (including phenoxy) is 6. The predicted octanol–water partition coefficient (Wildman–Crippen LogP) is 3.04. The monoisotopic (exact) mass is 554 g/mol. The molecule has 0 spiro atoms. The van der Waals surface area contributed by atoms with Crippen molar-refractivity contribution in [2.24, 2.45) is 0 Å². The molecule has 3 rings (SSSR count). The van der Waals surface area contributed by atoms with Crippen molar-refractivity contribution < 1.29 is 52.4 Å². The average Bonchev–Trinajstić information content (AvgIpc) is 2.89. The van der Waals surface area contributed by atoms with Crippen molar-refractivity contribution in [1.29, 1.82) is 0 Å². The van der Waals surface area contributed by atoms with Gasteiger partial charge in [0, 0.05) is 33.3 Å². The summed E-state index contributed by atoms with van der Waals surface area (Å²) in [6.45, 7) is 4.20. The fraction of sp³-hybridized carbons (Fsp3) is 0.345. The number of allylic oxidation sites excluding steroid dienone is 1. The van der Waals surface area contributed by atoms with Crippen molar-refractivity contribution >= 4 is 35.7 Å². The summed E-state index contributed by atoms with van der Waals surface area (Å²) in [5, 5.41) is 0. The Hall–Kier alpha value is -4.51. The van der Waals surface area contributed by atoms with Gasteiger partial charge in [0.15, 0.2) is 18.0 Å². The number of carbonyl (C=O) groups is 5. The van der Waals surface area contributed by atoms with E-state index in [2.05, 4.69) is 0 Å². The lowest BCUT2D eigenvalue weighted by Crippen LogP contribution is -2.63. The fourth-order valence-electron chi connectivity index (χ4n) is 3.95. The molecule has 0 aromatic heterocycles. The summed E-state index contributed by atoms with van der Waals surface area (Å²) in [5.41, 5.74) is 1.26. The van der Waals surface area contributed by atoms with E-state index in [1.807, 2.05) is 30.3 Å². The van der Waals surface area contributed by atoms with Crippen LogP contribution >= 0.6 is 0 Å². The first-order valence-electron chi connectivity index (χ1n) is 12.4. The van der Waals surface area contributed by atoms with Gasteiger partial charge in [-0.2, -0.15) is 0 Å². The fourth-order valence-corrected chi connectivity index (χ4v) is 3.95. The van der Waals surface area contributed by atoms with Gasteiger partial charge in [-0.15, -0.1) is 0 Å². The van der Waals surface area contributed by atoms with Crippen LogP contribution in [0.4, 0.5) is 0 Å². The highest BCUT2D eigenvalue weighted by atomic mass is 16.7. The first kappa shape index (κ1) is 30.0. The van der Waals surface area contributed by atoms with E-state index in [-0.39, 0.29) is 18.1 Å². The molecule has 2 aromatic rings. The van der Waals surface area contributed by atoms with E-state index in [1.54, 1.807) is 6.08 Å². The van der Waals surface area contributed by atoms with Crippen molar-refractivity contribution in [1.82, 2.24) is 0 Å². The van der Waals surface area contributed by atoms with Crippen LogP contribution in [-0.4, -0.2) is 67.0 Å². The van der Waals surface area contributed by atoms with Gasteiger partial charge in [0.25, 0.3) is 0 Å². The Morgan fingerprint density at radius 3 is 1.88 bits per heavy atom. The number of benzene rings is 2. The van der Waals surface area contributed by atoms with Crippen LogP contribution in [0, 0.1) is 0 Å². The lowest BCUT2D eigenvalue weighted by Gasteiger charge is -2.43. The molecule has 0 amide bonds. The normalized spacial score (nSPS) is 22.1. The van der Waals surface area contributed by atoms with E-state index in [9.17, 15) is 24.0 Å². The number of carbonyl (C=O) groups excluding carboxylic acids is 5. The van der Waals surface area contributed by atoms with Gasteiger partial charge in [-0.1, -0.05) is 36.4 Å². The Labute approximate surface area is 230 Å². The molecule has 0 bridgehead atoms. The molecule has 1 fully saturated rings. The lowest BCUT2D eigenvalue weighted by atomic mass is 9.98. The summed E-state index contributed by atoms with van der Waals surface area (Å²) in [7, 11) is 0. The quantitative estimate of drug-likeness (QED) is 0.185. The van der Waals surface area contributed by atoms with E-state index < -0.39 is 54.6 Å². The zero-order valence-corrected chi connectivity index (χ0v) is 22.4. The van der Waals surface area contributed by atoms with Crippen molar-refractivity contribution in [3.63, 3.8) is 0 Å². The van der Waals surface area contributed by atoms with Crippen molar-refractivity contribution in [3.05, 3.63) is 71.8 Å². The Bertz CT molecular complexity index is 1240. The smallest absolute Gasteiger partial charge is 0.303 e. The maximum atomic E-state index is 12.6. The van der Waals surface area contributed by atoms with Gasteiger partial charge >= 0.3 is 23.9 Å². The van der Waals surface area contributed by atoms with Gasteiger partial charge in [-0.05, 0) is 35.9 Å². The van der Waals surface area contributed by atoms with E-state index in [0.29, 0.717) is 5.56 Å². The second-order valence-electron chi connectivity index (χ2n) is 8.82. The molecular weight excluding hydrogens is 524 g/mol. The number of rotatable bonds is 10. The molecule has 0 N–H and O–H groups in total. The molecule has 5 atom stereocenters. The van der Waals surface area contributed by atoms with Crippen LogP contribution in [-0.2, 0) is 42.9 Å². The van der Waals surface area contributed by atoms with Crippen molar-refractivity contribution in [2.45, 2.75) is 58.4 Å². The minimum Gasteiger partial charge on any atom is -0.463 e. The number of hydrogen-bond donors (Lipinski definition) is 0. The molecule has 1 aliphatic heterocycles. The standard InChI is InChI=1S/C29H30O11/c1-17(30)35-16-25-26(36-18(2)31)27(37-19(3)32)28(38-20(4)33)29(40-25)39-23-13-11-22(12-14-23)24(34)15-10-21-8-6-5-7-9-21/h5-15,25-29H,16H2,1-4H3/b15-10+/t25-,26-,27+,28-,29+/m0/s1. The minimum atomic E-state index is -1.37. The summed E-state index contributed by atoms with van der Waals surface area (Å²) in [6, 6.07) is 15.5. The summed E-state index contributed by atoms with van der Waals surface area (Å²) in [5.74, 6) is -2.87. The highest BCUT2D eigenvalue weighted by Gasteiger charge is 2.53. The van der Waals surface area contributed by atoms with Crippen LogP contribution in [0.2, 0.25) is 0 Å². The number of esters is 4. The minimum absolute atomic E-state index is 0.226. The SMILES string of the molecule is CC(=O)OC[C@@H]1O[C@@H](Oc2ccc(C(=O)/C=C/c3ccccc3)cc2)[C@@H](OC(C)=O)[C@H](OC(C)=O)[C@H]1OC(C)=O. The van der Waals surface area contributed by atoms with Gasteiger partial charge < -0.3 is 28.4 Å². The zero-order chi connectivity index (χ0) is 29.2. The van der Waals surface area contributed by atoms with Gasteiger partial charge in [0.05, 0.1) is 0 Å². The summed E-state index contributed by atoms with van der Waals surface area (Å²) in [4.78, 5) is 59.8. The molecule has 0 aliphatic carbocycles. The van der Waals surface area contributed by atoms with Crippen LogP contribution < -0.4 is 4.74 Å². The second-order valence-corrected chi connectivity index (χ2v) is 8.82. The lowest BCUT2D eigenvalue weighted by molar-refractivity contribution is -0.288. The van der Waals surface area contributed by atoms with E-state index in [1.165, 1.54) is 37.3 Å². The Kier molecular flexibility index (Phi) is 10.5.